The SMILES string of the molecule is BrC[C@@H]1CNCCO1.Cl. The van der Waals surface area contributed by atoms with Crippen molar-refractivity contribution < 1.29 is 4.74 Å². The molecule has 4 heteroatoms. The summed E-state index contributed by atoms with van der Waals surface area (Å²) in [5.74, 6) is 0. The molecular weight excluding hydrogens is 205 g/mol. The van der Waals surface area contributed by atoms with E-state index in [9.17, 15) is 0 Å². The van der Waals surface area contributed by atoms with Crippen LogP contribution in [0.5, 0.6) is 0 Å². The predicted octanol–water partition coefficient (Wildman–Crippen LogP) is 0.791. The molecule has 1 aliphatic rings. The maximum Gasteiger partial charge on any atom is 0.0796 e. The summed E-state index contributed by atoms with van der Waals surface area (Å²) < 4.78 is 5.32. The van der Waals surface area contributed by atoms with E-state index in [-0.39, 0.29) is 12.4 Å². The predicted molar refractivity (Wildman–Crippen MR) is 43.7 cm³/mol. The van der Waals surface area contributed by atoms with E-state index in [2.05, 4.69) is 21.2 Å². The molecule has 0 radical (unpaired) electrons. The minimum Gasteiger partial charge on any atom is -0.375 e. The summed E-state index contributed by atoms with van der Waals surface area (Å²) in [7, 11) is 0. The molecule has 1 aliphatic heterocycles. The van der Waals surface area contributed by atoms with Crippen LogP contribution in [0.25, 0.3) is 0 Å². The van der Waals surface area contributed by atoms with Gasteiger partial charge in [0.25, 0.3) is 0 Å². The van der Waals surface area contributed by atoms with Crippen LogP contribution in [-0.4, -0.2) is 31.1 Å². The zero-order chi connectivity index (χ0) is 5.82. The molecule has 0 aromatic heterocycles. The van der Waals surface area contributed by atoms with Crippen molar-refractivity contribution in [2.24, 2.45) is 0 Å². The van der Waals surface area contributed by atoms with Crippen LogP contribution < -0.4 is 5.32 Å². The van der Waals surface area contributed by atoms with Gasteiger partial charge in [-0.25, -0.2) is 0 Å². The molecule has 0 aromatic rings. The van der Waals surface area contributed by atoms with Crippen LogP contribution in [0.2, 0.25) is 0 Å². The van der Waals surface area contributed by atoms with E-state index >= 15 is 0 Å². The van der Waals surface area contributed by atoms with Gasteiger partial charge in [-0.1, -0.05) is 15.9 Å². The average Bonchev–Trinajstić information content (AvgIpc) is 1.90. The van der Waals surface area contributed by atoms with Crippen molar-refractivity contribution in [1.82, 2.24) is 5.32 Å². The second kappa shape index (κ2) is 5.47. The van der Waals surface area contributed by atoms with Crippen molar-refractivity contribution in [3.8, 4) is 0 Å². The van der Waals surface area contributed by atoms with E-state index in [1.807, 2.05) is 0 Å². The summed E-state index contributed by atoms with van der Waals surface area (Å²) in [6.07, 6.45) is 0.392. The average molecular weight is 217 g/mol. The standard InChI is InChI=1S/C5H10BrNO.ClH/c6-3-5-4-7-1-2-8-5;/h5,7H,1-4H2;1H/t5-;/m1./s1. The summed E-state index contributed by atoms with van der Waals surface area (Å²) in [5, 5.41) is 4.18. The summed E-state index contributed by atoms with van der Waals surface area (Å²) in [5.41, 5.74) is 0. The first-order valence-corrected chi connectivity index (χ1v) is 3.94. The Bertz CT molecular complexity index is 68.0. The fourth-order valence-electron chi connectivity index (χ4n) is 0.719. The third kappa shape index (κ3) is 3.40. The maximum atomic E-state index is 5.32. The van der Waals surface area contributed by atoms with Crippen molar-refractivity contribution in [1.29, 1.82) is 0 Å². The van der Waals surface area contributed by atoms with Crippen molar-refractivity contribution in [3.63, 3.8) is 0 Å². The molecule has 0 aliphatic carbocycles. The van der Waals surface area contributed by atoms with E-state index in [1.165, 1.54) is 0 Å². The third-order valence-electron chi connectivity index (χ3n) is 1.18. The molecule has 0 saturated carbocycles. The molecule has 2 nitrogen and oxygen atoms in total. The van der Waals surface area contributed by atoms with Gasteiger partial charge in [-0.15, -0.1) is 12.4 Å². The minimum absolute atomic E-state index is 0. The molecule has 1 fully saturated rings. The molecule has 1 rings (SSSR count). The van der Waals surface area contributed by atoms with Gasteiger partial charge in [-0.05, 0) is 0 Å². The van der Waals surface area contributed by atoms with Gasteiger partial charge >= 0.3 is 0 Å². The Hall–Kier alpha value is 0.690. The quantitative estimate of drug-likeness (QED) is 0.655. The fourth-order valence-corrected chi connectivity index (χ4v) is 1.13. The lowest BCUT2D eigenvalue weighted by atomic mass is 10.3. The van der Waals surface area contributed by atoms with Gasteiger partial charge in [-0.2, -0.15) is 0 Å². The van der Waals surface area contributed by atoms with E-state index in [4.69, 9.17) is 4.74 Å². The van der Waals surface area contributed by atoms with E-state index < -0.39 is 0 Å². The molecule has 1 N–H and O–H groups in total. The topological polar surface area (TPSA) is 21.3 Å². The number of alkyl halides is 1. The number of morpholine rings is 1. The summed E-state index contributed by atoms with van der Waals surface area (Å²) in [6, 6.07) is 0. The molecule has 56 valence electrons. The zero-order valence-electron chi connectivity index (χ0n) is 5.10. The number of halogens is 2. The molecule has 1 saturated heterocycles. The highest BCUT2D eigenvalue weighted by molar-refractivity contribution is 9.09. The van der Waals surface area contributed by atoms with Crippen LogP contribution in [0.3, 0.4) is 0 Å². The largest absolute Gasteiger partial charge is 0.375 e. The highest BCUT2D eigenvalue weighted by atomic mass is 79.9. The first-order chi connectivity index (χ1) is 3.93. The molecule has 0 bridgehead atoms. The van der Waals surface area contributed by atoms with Gasteiger partial charge < -0.3 is 10.1 Å². The van der Waals surface area contributed by atoms with Crippen LogP contribution in [0.1, 0.15) is 0 Å². The minimum atomic E-state index is 0. The Morgan fingerprint density at radius 2 is 2.44 bits per heavy atom. The second-order valence-electron chi connectivity index (χ2n) is 1.85. The second-order valence-corrected chi connectivity index (χ2v) is 2.50. The number of hydrogen-bond acceptors (Lipinski definition) is 2. The highest BCUT2D eigenvalue weighted by Crippen LogP contribution is 1.98. The van der Waals surface area contributed by atoms with Gasteiger partial charge in [0.2, 0.25) is 0 Å². The first-order valence-electron chi connectivity index (χ1n) is 2.82. The normalized spacial score (nSPS) is 27.0. The molecule has 1 heterocycles. The van der Waals surface area contributed by atoms with Crippen LogP contribution >= 0.6 is 28.3 Å². The highest BCUT2D eigenvalue weighted by Gasteiger charge is 2.09. The van der Waals surface area contributed by atoms with Gasteiger partial charge in [0.05, 0.1) is 12.7 Å². The van der Waals surface area contributed by atoms with Crippen LogP contribution in [0.15, 0.2) is 0 Å². The van der Waals surface area contributed by atoms with Crippen LogP contribution in [0, 0.1) is 0 Å². The van der Waals surface area contributed by atoms with E-state index in [1.54, 1.807) is 0 Å². The Balaban J connectivity index is 0.000000640. The fraction of sp³-hybridized carbons (Fsp3) is 1.00. The number of ether oxygens (including phenoxy) is 1. The molecule has 0 amide bonds. The summed E-state index contributed by atoms with van der Waals surface area (Å²) in [4.78, 5) is 0. The van der Waals surface area contributed by atoms with Crippen LogP contribution in [0.4, 0.5) is 0 Å². The molecule has 0 unspecified atom stereocenters. The van der Waals surface area contributed by atoms with Crippen molar-refractivity contribution >= 4 is 28.3 Å². The third-order valence-corrected chi connectivity index (χ3v) is 1.90. The maximum absolute atomic E-state index is 5.32. The number of hydrogen-bond donors (Lipinski definition) is 1. The number of nitrogens with one attached hydrogen (secondary N) is 1. The molecule has 1 atom stereocenters. The Labute approximate surface area is 69.9 Å². The van der Waals surface area contributed by atoms with Crippen LogP contribution in [-0.2, 0) is 4.74 Å². The van der Waals surface area contributed by atoms with E-state index in [0.717, 1.165) is 25.0 Å². The first kappa shape index (κ1) is 9.69. The zero-order valence-corrected chi connectivity index (χ0v) is 7.50. The van der Waals surface area contributed by atoms with Crippen molar-refractivity contribution in [3.05, 3.63) is 0 Å². The Morgan fingerprint density at radius 3 is 2.78 bits per heavy atom. The van der Waals surface area contributed by atoms with Gasteiger partial charge in [0, 0.05) is 18.4 Å². The summed E-state index contributed by atoms with van der Waals surface area (Å²) in [6.45, 7) is 2.85. The van der Waals surface area contributed by atoms with Gasteiger partial charge in [0.1, 0.15) is 0 Å². The van der Waals surface area contributed by atoms with Gasteiger partial charge in [-0.3, -0.25) is 0 Å². The lowest BCUT2D eigenvalue weighted by Gasteiger charge is -2.21. The number of rotatable bonds is 1. The molecule has 0 spiro atoms. The summed E-state index contributed by atoms with van der Waals surface area (Å²) >= 11 is 3.35. The Kier molecular flexibility index (Phi) is 5.89. The Morgan fingerprint density at radius 1 is 1.67 bits per heavy atom. The molecule has 0 aromatic carbocycles. The lowest BCUT2D eigenvalue weighted by Crippen LogP contribution is -2.39. The lowest BCUT2D eigenvalue weighted by molar-refractivity contribution is 0.0448. The smallest absolute Gasteiger partial charge is 0.0796 e. The van der Waals surface area contributed by atoms with E-state index in [0.29, 0.717) is 6.10 Å². The van der Waals surface area contributed by atoms with Crippen molar-refractivity contribution in [2.75, 3.05) is 25.0 Å². The molecule has 9 heavy (non-hydrogen) atoms. The van der Waals surface area contributed by atoms with Crippen molar-refractivity contribution in [2.45, 2.75) is 6.10 Å². The van der Waals surface area contributed by atoms with Gasteiger partial charge in [0.15, 0.2) is 0 Å². The molecular formula is C5H11BrClNO. The monoisotopic (exact) mass is 215 g/mol.